The molecular formula is C37H35NO6. The van der Waals surface area contributed by atoms with E-state index in [1.54, 1.807) is 104 Å². The molecule has 0 saturated heterocycles. The third-order valence-electron chi connectivity index (χ3n) is 8.77. The molecule has 1 saturated carbocycles. The lowest BCUT2D eigenvalue weighted by Gasteiger charge is -2.54. The van der Waals surface area contributed by atoms with Gasteiger partial charge in [-0.05, 0) is 54.3 Å². The molecule has 0 radical (unpaired) electrons. The molecule has 5 rings (SSSR count). The highest BCUT2D eigenvalue weighted by atomic mass is 16.5. The Morgan fingerprint density at radius 1 is 0.841 bits per heavy atom. The van der Waals surface area contributed by atoms with Gasteiger partial charge in [0.05, 0.1) is 32.8 Å². The van der Waals surface area contributed by atoms with Crippen molar-refractivity contribution in [3.05, 3.63) is 131 Å². The Kier molecular flexibility index (Phi) is 8.84. The summed E-state index contributed by atoms with van der Waals surface area (Å²) in [5.74, 6) is -3.45. The number of methoxy groups -OCH3 is 2. The molecule has 0 unspecified atom stereocenters. The van der Waals surface area contributed by atoms with E-state index >= 15 is 0 Å². The van der Waals surface area contributed by atoms with Gasteiger partial charge in [-0.25, -0.2) is 0 Å². The van der Waals surface area contributed by atoms with Crippen LogP contribution in [0.25, 0.3) is 0 Å². The van der Waals surface area contributed by atoms with E-state index in [1.165, 1.54) is 14.2 Å². The molecule has 5 atom stereocenters. The number of Topliss-reactive ketones (excluding diaryl/α,β-unsaturated/α-hetero) is 1. The molecule has 0 heterocycles. The molecule has 4 aromatic rings. The van der Waals surface area contributed by atoms with Crippen LogP contribution in [0.15, 0.2) is 109 Å². The third-order valence-corrected chi connectivity index (χ3v) is 8.77. The van der Waals surface area contributed by atoms with Gasteiger partial charge < -0.3 is 19.3 Å². The Hall–Kier alpha value is -4.93. The number of carbonyl (C=O) groups is 2. The van der Waals surface area contributed by atoms with E-state index in [0.717, 1.165) is 0 Å². The van der Waals surface area contributed by atoms with Crippen molar-refractivity contribution in [3.63, 3.8) is 0 Å². The van der Waals surface area contributed by atoms with E-state index in [0.29, 0.717) is 33.8 Å². The predicted molar refractivity (Wildman–Crippen MR) is 165 cm³/mol. The van der Waals surface area contributed by atoms with Gasteiger partial charge in [-0.1, -0.05) is 84.9 Å². The molecule has 0 spiro atoms. The number of rotatable bonds is 9. The zero-order chi connectivity index (χ0) is 31.3. The van der Waals surface area contributed by atoms with Crippen molar-refractivity contribution in [1.82, 2.24) is 0 Å². The summed E-state index contributed by atoms with van der Waals surface area (Å²) in [6.07, 6.45) is -0.111. The Balaban J connectivity index is 1.91. The van der Waals surface area contributed by atoms with Crippen LogP contribution in [0.4, 0.5) is 0 Å². The number of ketones is 1. The van der Waals surface area contributed by atoms with E-state index in [-0.39, 0.29) is 13.0 Å². The van der Waals surface area contributed by atoms with Gasteiger partial charge in [0.2, 0.25) is 0 Å². The van der Waals surface area contributed by atoms with Crippen molar-refractivity contribution in [2.45, 2.75) is 30.8 Å². The Labute approximate surface area is 257 Å². The molecule has 44 heavy (non-hydrogen) atoms. The van der Waals surface area contributed by atoms with E-state index in [2.05, 4.69) is 6.07 Å². The lowest BCUT2D eigenvalue weighted by Crippen LogP contribution is -2.59. The molecule has 0 aliphatic heterocycles. The van der Waals surface area contributed by atoms with Crippen LogP contribution in [0.3, 0.4) is 0 Å². The first kappa shape index (κ1) is 30.5. The monoisotopic (exact) mass is 589 g/mol. The summed E-state index contributed by atoms with van der Waals surface area (Å²) in [6, 6.07) is 34.2. The van der Waals surface area contributed by atoms with E-state index in [4.69, 9.17) is 14.2 Å². The van der Waals surface area contributed by atoms with Gasteiger partial charge in [0.15, 0.2) is 11.2 Å². The standard InChI is InChI=1S/C37H35NO6/c1-4-44-35(40)36(24-38)31(26-15-11-19-29(21-26)42-2)23-37(41,28-17-9-6-10-18-28)33(34(39)25-13-7-5-8-14-25)32(36)27-16-12-20-30(22-27)43-3/h5-22,31-33,41H,4,23H2,1-3H3/t31-,32+,33-,36+,37-/m0/s1. The number of carbonyl (C=O) groups excluding carboxylic acids is 2. The van der Waals surface area contributed by atoms with Crippen molar-refractivity contribution in [1.29, 1.82) is 5.26 Å². The second-order valence-corrected chi connectivity index (χ2v) is 11.0. The summed E-state index contributed by atoms with van der Waals surface area (Å²) in [4.78, 5) is 29.2. The molecule has 4 aromatic carbocycles. The van der Waals surface area contributed by atoms with Gasteiger partial charge in [0, 0.05) is 17.4 Å². The topological polar surface area (TPSA) is 106 Å². The third kappa shape index (κ3) is 5.23. The molecule has 0 aromatic heterocycles. The average molecular weight is 590 g/mol. The molecule has 1 N–H and O–H groups in total. The highest BCUT2D eigenvalue weighted by Crippen LogP contribution is 2.64. The highest BCUT2D eigenvalue weighted by Gasteiger charge is 2.67. The Morgan fingerprint density at radius 3 is 1.98 bits per heavy atom. The first-order valence-corrected chi connectivity index (χ1v) is 14.6. The normalized spacial score (nSPS) is 24.5. The fourth-order valence-corrected chi connectivity index (χ4v) is 6.77. The molecule has 7 nitrogen and oxygen atoms in total. The number of nitriles is 1. The zero-order valence-electron chi connectivity index (χ0n) is 25.0. The summed E-state index contributed by atoms with van der Waals surface area (Å²) in [6.45, 7) is 1.71. The number of ether oxygens (including phenoxy) is 3. The van der Waals surface area contributed by atoms with E-state index in [9.17, 15) is 20.0 Å². The molecule has 0 bridgehead atoms. The first-order chi connectivity index (χ1) is 21.3. The van der Waals surface area contributed by atoms with Gasteiger partial charge in [-0.2, -0.15) is 5.26 Å². The van der Waals surface area contributed by atoms with Crippen LogP contribution in [-0.2, 0) is 15.1 Å². The summed E-state index contributed by atoms with van der Waals surface area (Å²) in [5.41, 5.74) is -1.77. The predicted octanol–water partition coefficient (Wildman–Crippen LogP) is 6.43. The quantitative estimate of drug-likeness (QED) is 0.177. The second-order valence-electron chi connectivity index (χ2n) is 11.0. The molecule has 1 fully saturated rings. The largest absolute Gasteiger partial charge is 0.497 e. The van der Waals surface area contributed by atoms with Gasteiger partial charge in [-0.15, -0.1) is 0 Å². The first-order valence-electron chi connectivity index (χ1n) is 14.6. The van der Waals surface area contributed by atoms with Crippen molar-refractivity contribution < 1.29 is 28.9 Å². The van der Waals surface area contributed by atoms with Crippen molar-refractivity contribution in [3.8, 4) is 17.6 Å². The van der Waals surface area contributed by atoms with E-state index < -0.39 is 40.5 Å². The fraction of sp³-hybridized carbons (Fsp3) is 0.270. The Morgan fingerprint density at radius 2 is 1.41 bits per heavy atom. The van der Waals surface area contributed by atoms with Gasteiger partial charge in [0.1, 0.15) is 17.1 Å². The Bertz CT molecular complexity index is 1670. The molecule has 1 aliphatic carbocycles. The lowest BCUT2D eigenvalue weighted by atomic mass is 9.47. The van der Waals surface area contributed by atoms with Crippen LogP contribution in [0.1, 0.15) is 52.2 Å². The number of hydrogen-bond acceptors (Lipinski definition) is 7. The summed E-state index contributed by atoms with van der Waals surface area (Å²) < 4.78 is 16.8. The number of esters is 1. The molecule has 0 amide bonds. The number of aliphatic hydroxyl groups is 1. The second kappa shape index (κ2) is 12.7. The van der Waals surface area contributed by atoms with Gasteiger partial charge >= 0.3 is 5.97 Å². The summed E-state index contributed by atoms with van der Waals surface area (Å²) in [5, 5.41) is 24.3. The van der Waals surface area contributed by atoms with Gasteiger partial charge in [-0.3, -0.25) is 9.59 Å². The number of hydrogen-bond donors (Lipinski definition) is 1. The van der Waals surface area contributed by atoms with Crippen molar-refractivity contribution >= 4 is 11.8 Å². The molecule has 224 valence electrons. The fourth-order valence-electron chi connectivity index (χ4n) is 6.77. The smallest absolute Gasteiger partial charge is 0.327 e. The minimum Gasteiger partial charge on any atom is -0.497 e. The lowest BCUT2D eigenvalue weighted by molar-refractivity contribution is -0.164. The highest BCUT2D eigenvalue weighted by molar-refractivity contribution is 6.00. The van der Waals surface area contributed by atoms with E-state index in [1.807, 2.05) is 12.1 Å². The molecule has 1 aliphatic rings. The van der Waals surface area contributed by atoms with Crippen LogP contribution >= 0.6 is 0 Å². The van der Waals surface area contributed by atoms with Crippen LogP contribution in [0.5, 0.6) is 11.5 Å². The minimum absolute atomic E-state index is 0.0260. The SMILES string of the molecule is CCOC(=O)[C@@]1(C#N)[C@H](c2cccc(OC)c2)[C@@H](C(=O)c2ccccc2)[C@@](O)(c2ccccc2)C[C@H]1c1cccc(OC)c1. The molecular weight excluding hydrogens is 554 g/mol. The maximum absolute atomic E-state index is 14.8. The molecule has 7 heteroatoms. The average Bonchev–Trinajstić information content (AvgIpc) is 3.08. The van der Waals surface area contributed by atoms with Crippen LogP contribution in [0.2, 0.25) is 0 Å². The summed E-state index contributed by atoms with van der Waals surface area (Å²) in [7, 11) is 3.06. The maximum atomic E-state index is 14.8. The van der Waals surface area contributed by atoms with Gasteiger partial charge in [0.25, 0.3) is 0 Å². The summed E-state index contributed by atoms with van der Waals surface area (Å²) >= 11 is 0. The van der Waals surface area contributed by atoms with Crippen LogP contribution in [0, 0.1) is 22.7 Å². The number of nitrogens with zero attached hydrogens (tertiary/aromatic N) is 1. The van der Waals surface area contributed by atoms with Crippen molar-refractivity contribution in [2.24, 2.45) is 11.3 Å². The van der Waals surface area contributed by atoms with Crippen LogP contribution < -0.4 is 9.47 Å². The zero-order valence-corrected chi connectivity index (χ0v) is 25.0. The van der Waals surface area contributed by atoms with Crippen molar-refractivity contribution in [2.75, 3.05) is 20.8 Å². The maximum Gasteiger partial charge on any atom is 0.327 e. The number of benzene rings is 4. The van der Waals surface area contributed by atoms with Crippen LogP contribution in [-0.4, -0.2) is 37.7 Å². The minimum atomic E-state index is -1.93.